The van der Waals surface area contributed by atoms with Gasteiger partial charge < -0.3 is 14.5 Å². The van der Waals surface area contributed by atoms with Crippen LogP contribution in [0.2, 0.25) is 0 Å². The zero-order valence-electron chi connectivity index (χ0n) is 18.3. The average molecular weight is 444 g/mol. The lowest BCUT2D eigenvalue weighted by Gasteiger charge is -2.42. The molecule has 4 rings (SSSR count). The summed E-state index contributed by atoms with van der Waals surface area (Å²) in [5, 5.41) is 10.6. The molecule has 3 aliphatic rings. The summed E-state index contributed by atoms with van der Waals surface area (Å²) in [6.07, 6.45) is 2.86. The summed E-state index contributed by atoms with van der Waals surface area (Å²) in [6, 6.07) is 8.73. The van der Waals surface area contributed by atoms with Crippen LogP contribution in [0.1, 0.15) is 38.7 Å². The zero-order chi connectivity index (χ0) is 22.9. The first kappa shape index (κ1) is 22.3. The third-order valence-corrected chi connectivity index (χ3v) is 6.39. The number of hydroxylamine groups is 3. The molecule has 1 aromatic rings. The van der Waals surface area contributed by atoms with Gasteiger partial charge in [-0.25, -0.2) is 10.3 Å². The molecule has 9 nitrogen and oxygen atoms in total. The number of benzene rings is 1. The van der Waals surface area contributed by atoms with E-state index in [0.29, 0.717) is 26.1 Å². The quantitative estimate of drug-likeness (QED) is 0.409. The van der Waals surface area contributed by atoms with E-state index in [-0.39, 0.29) is 17.4 Å². The molecule has 0 bridgehead atoms. The number of carbonyl (C=O) groups excluding carboxylic acids is 3. The predicted octanol–water partition coefficient (Wildman–Crippen LogP) is 2.36. The van der Waals surface area contributed by atoms with Crippen molar-refractivity contribution in [3.8, 4) is 0 Å². The van der Waals surface area contributed by atoms with E-state index in [1.807, 2.05) is 36.4 Å². The van der Waals surface area contributed by atoms with Gasteiger partial charge in [0, 0.05) is 19.6 Å². The number of nitrogens with zero attached hydrogens (tertiary/aromatic N) is 2. The fraction of sp³-hybridized carbons (Fsp3) is 0.522. The van der Waals surface area contributed by atoms with Crippen LogP contribution in [0.15, 0.2) is 36.4 Å². The Hall–Kier alpha value is -2.91. The van der Waals surface area contributed by atoms with E-state index in [0.717, 1.165) is 24.0 Å². The molecule has 2 amide bonds. The third-order valence-electron chi connectivity index (χ3n) is 6.39. The van der Waals surface area contributed by atoms with Crippen molar-refractivity contribution < 1.29 is 29.2 Å². The minimum absolute atomic E-state index is 0.204. The highest BCUT2D eigenvalue weighted by Crippen LogP contribution is 2.55. The molecule has 1 saturated carbocycles. The first-order chi connectivity index (χ1) is 15.3. The van der Waals surface area contributed by atoms with Crippen LogP contribution in [0.5, 0.6) is 0 Å². The molecule has 172 valence electrons. The molecule has 1 spiro atoms. The molecular formula is C23H29N3O6. The Morgan fingerprint density at radius 1 is 1.19 bits per heavy atom. The maximum atomic E-state index is 13.6. The molecule has 2 N–H and O–H groups in total. The zero-order valence-corrected chi connectivity index (χ0v) is 18.3. The van der Waals surface area contributed by atoms with Crippen LogP contribution in [-0.4, -0.2) is 64.9 Å². The Balaban J connectivity index is 1.56. The molecule has 0 aromatic heterocycles. The number of carbonyl (C=O) groups is 3. The molecule has 2 unspecified atom stereocenters. The maximum Gasteiger partial charge on any atom is 0.528 e. The van der Waals surface area contributed by atoms with Crippen molar-refractivity contribution in [2.24, 2.45) is 11.3 Å². The number of nitrogens with one attached hydrogen (secondary N) is 1. The summed E-state index contributed by atoms with van der Waals surface area (Å²) in [5.74, 6) is -1.83. The lowest BCUT2D eigenvalue weighted by atomic mass is 9.81. The number of hydrogen-bond donors (Lipinski definition) is 2. The van der Waals surface area contributed by atoms with Crippen molar-refractivity contribution in [1.82, 2.24) is 15.4 Å². The van der Waals surface area contributed by atoms with Crippen molar-refractivity contribution in [2.45, 2.75) is 45.3 Å². The minimum atomic E-state index is -1.04. The van der Waals surface area contributed by atoms with Crippen molar-refractivity contribution >= 4 is 23.5 Å². The third kappa shape index (κ3) is 4.63. The SMILES string of the molecule is CC(C)OC(=O)ON1CC2(CC2)CC(C(=O)NO)C1C(=O)N1CC=C(c2ccccc2)C1. The number of hydrogen-bond acceptors (Lipinski definition) is 7. The summed E-state index contributed by atoms with van der Waals surface area (Å²) in [4.78, 5) is 45.5. The number of ether oxygens (including phenoxy) is 1. The lowest BCUT2D eigenvalue weighted by molar-refractivity contribution is -0.205. The molecule has 2 aliphatic heterocycles. The first-order valence-electron chi connectivity index (χ1n) is 10.9. The Labute approximate surface area is 186 Å². The van der Waals surface area contributed by atoms with Crippen LogP contribution < -0.4 is 5.48 Å². The van der Waals surface area contributed by atoms with Gasteiger partial charge in [-0.15, -0.1) is 5.06 Å². The molecular weight excluding hydrogens is 414 g/mol. The van der Waals surface area contributed by atoms with E-state index in [4.69, 9.17) is 9.57 Å². The topological polar surface area (TPSA) is 108 Å². The molecule has 2 heterocycles. The Morgan fingerprint density at radius 3 is 2.53 bits per heavy atom. The lowest BCUT2D eigenvalue weighted by Crippen LogP contribution is -2.60. The van der Waals surface area contributed by atoms with Gasteiger partial charge in [0.05, 0.1) is 12.0 Å². The van der Waals surface area contributed by atoms with Crippen LogP contribution in [0, 0.1) is 11.3 Å². The van der Waals surface area contributed by atoms with Gasteiger partial charge in [-0.05, 0) is 49.7 Å². The Bertz CT molecular complexity index is 912. The largest absolute Gasteiger partial charge is 0.528 e. The number of amides is 2. The summed E-state index contributed by atoms with van der Waals surface area (Å²) in [6.45, 7) is 4.53. The van der Waals surface area contributed by atoms with Crippen molar-refractivity contribution in [3.05, 3.63) is 42.0 Å². The van der Waals surface area contributed by atoms with E-state index in [1.165, 1.54) is 5.06 Å². The van der Waals surface area contributed by atoms with E-state index >= 15 is 0 Å². The van der Waals surface area contributed by atoms with Crippen molar-refractivity contribution in [1.29, 1.82) is 0 Å². The molecule has 2 atom stereocenters. The highest BCUT2D eigenvalue weighted by molar-refractivity contribution is 5.92. The fourth-order valence-corrected chi connectivity index (χ4v) is 4.60. The average Bonchev–Trinajstić information content (AvgIpc) is 3.32. The highest BCUT2D eigenvalue weighted by Gasteiger charge is 2.57. The molecule has 2 fully saturated rings. The van der Waals surface area contributed by atoms with Gasteiger partial charge in [0.1, 0.15) is 6.04 Å². The van der Waals surface area contributed by atoms with Gasteiger partial charge in [0.25, 0.3) is 0 Å². The van der Waals surface area contributed by atoms with E-state index in [9.17, 15) is 19.6 Å². The predicted molar refractivity (Wildman–Crippen MR) is 114 cm³/mol. The smallest absolute Gasteiger partial charge is 0.430 e. The number of rotatable bonds is 5. The van der Waals surface area contributed by atoms with E-state index < -0.39 is 24.0 Å². The summed E-state index contributed by atoms with van der Waals surface area (Å²) < 4.78 is 5.10. The second-order valence-electron chi connectivity index (χ2n) is 9.13. The first-order valence-corrected chi connectivity index (χ1v) is 10.9. The number of piperidine rings is 1. The van der Waals surface area contributed by atoms with Crippen LogP contribution in [0.25, 0.3) is 5.57 Å². The molecule has 9 heteroatoms. The van der Waals surface area contributed by atoms with Crippen LogP contribution in [0.4, 0.5) is 4.79 Å². The van der Waals surface area contributed by atoms with Crippen LogP contribution >= 0.6 is 0 Å². The Morgan fingerprint density at radius 2 is 1.91 bits per heavy atom. The molecule has 1 aliphatic carbocycles. The molecule has 1 aromatic carbocycles. The van der Waals surface area contributed by atoms with Gasteiger partial charge in [0.2, 0.25) is 11.8 Å². The standard InChI is InChI=1S/C23H29N3O6/c1-15(2)31-22(29)32-26-14-23(9-10-23)12-18(20(27)24-30)19(26)21(28)25-11-8-17(13-25)16-6-4-3-5-7-16/h3-8,15,18-19,30H,9-14H2,1-2H3,(H,24,27). The molecule has 1 saturated heterocycles. The van der Waals surface area contributed by atoms with Crippen LogP contribution in [0.3, 0.4) is 0 Å². The summed E-state index contributed by atoms with van der Waals surface area (Å²) in [5.41, 5.74) is 3.54. The second kappa shape index (κ2) is 8.91. The van der Waals surface area contributed by atoms with Crippen LogP contribution in [-0.2, 0) is 19.2 Å². The highest BCUT2D eigenvalue weighted by atomic mass is 16.8. The van der Waals surface area contributed by atoms with Crippen molar-refractivity contribution in [2.75, 3.05) is 19.6 Å². The van der Waals surface area contributed by atoms with Gasteiger partial charge in [-0.1, -0.05) is 36.4 Å². The maximum absolute atomic E-state index is 13.6. The Kier molecular flexibility index (Phi) is 6.21. The monoisotopic (exact) mass is 443 g/mol. The van der Waals surface area contributed by atoms with E-state index in [2.05, 4.69) is 0 Å². The van der Waals surface area contributed by atoms with Crippen molar-refractivity contribution in [3.63, 3.8) is 0 Å². The summed E-state index contributed by atoms with van der Waals surface area (Å²) in [7, 11) is 0. The van der Waals surface area contributed by atoms with Gasteiger partial charge in [0.15, 0.2) is 0 Å². The molecule has 32 heavy (non-hydrogen) atoms. The van der Waals surface area contributed by atoms with Gasteiger partial charge >= 0.3 is 6.16 Å². The fourth-order valence-electron chi connectivity index (χ4n) is 4.60. The van der Waals surface area contributed by atoms with Gasteiger partial charge in [-0.3, -0.25) is 14.8 Å². The second-order valence-corrected chi connectivity index (χ2v) is 9.13. The van der Waals surface area contributed by atoms with Gasteiger partial charge in [-0.2, -0.15) is 0 Å². The normalized spacial score (nSPS) is 24.2. The molecule has 0 radical (unpaired) electrons. The minimum Gasteiger partial charge on any atom is -0.430 e. The van der Waals surface area contributed by atoms with E-state index in [1.54, 1.807) is 24.2 Å². The summed E-state index contributed by atoms with van der Waals surface area (Å²) >= 11 is 0.